The Balaban J connectivity index is 1.75. The van der Waals surface area contributed by atoms with E-state index in [1.807, 2.05) is 13.8 Å². The quantitative estimate of drug-likeness (QED) is 0.597. The van der Waals surface area contributed by atoms with Gasteiger partial charge in [0.2, 0.25) is 17.7 Å². The van der Waals surface area contributed by atoms with Crippen LogP contribution in [0.5, 0.6) is 0 Å². The molecule has 0 aromatic heterocycles. The number of nitrogens with zero attached hydrogens (tertiary/aromatic N) is 1. The number of rotatable bonds is 6. The van der Waals surface area contributed by atoms with Crippen LogP contribution in [0.15, 0.2) is 24.3 Å². The molecule has 31 heavy (non-hydrogen) atoms. The molecule has 168 valence electrons. The van der Waals surface area contributed by atoms with Gasteiger partial charge in [-0.2, -0.15) is 0 Å². The summed E-state index contributed by atoms with van der Waals surface area (Å²) in [5.41, 5.74) is 0.590. The first-order valence-electron chi connectivity index (χ1n) is 10.6. The number of benzene rings is 1. The molecule has 2 bridgehead atoms. The molecule has 7 nitrogen and oxygen atoms in total. The zero-order chi connectivity index (χ0) is 22.5. The van der Waals surface area contributed by atoms with Crippen molar-refractivity contribution in [3.8, 4) is 0 Å². The topological polar surface area (TPSA) is 98.7 Å². The number of hydrogen-bond donors (Lipinski definition) is 3. The minimum atomic E-state index is -0.759. The lowest BCUT2D eigenvalue weighted by Crippen LogP contribution is -2.56. The molecule has 0 aliphatic carbocycles. The molecule has 0 radical (unpaired) electrons. The number of fused-ring (bicyclic) bond motifs is 1. The van der Waals surface area contributed by atoms with E-state index in [1.165, 1.54) is 0 Å². The lowest BCUT2D eigenvalue weighted by Gasteiger charge is -2.38. The van der Waals surface area contributed by atoms with Gasteiger partial charge in [-0.1, -0.05) is 25.4 Å². The minimum absolute atomic E-state index is 0.0218. The van der Waals surface area contributed by atoms with E-state index in [9.17, 15) is 19.5 Å². The molecule has 4 rings (SSSR count). The number of halogens is 1. The van der Waals surface area contributed by atoms with Gasteiger partial charge in [-0.15, -0.1) is 11.8 Å². The second kappa shape index (κ2) is 8.30. The average Bonchev–Trinajstić information content (AvgIpc) is 3.37. The monoisotopic (exact) mass is 465 g/mol. The third kappa shape index (κ3) is 3.43. The Morgan fingerprint density at radius 1 is 1.29 bits per heavy atom. The molecule has 3 amide bonds. The predicted molar refractivity (Wildman–Crippen MR) is 121 cm³/mol. The molecular weight excluding hydrogens is 438 g/mol. The standard InChI is InChI=1S/C22H28ClN3O4S/c1-11(2)14(10-27)26-18(20(29)25-13-6-4-12(23)5-7-13)22-9-8-15(31-22)16(19(28)24-3)17(22)21(26)30/h4-7,11,14-18,27H,8-10H2,1-3H3,(H,24,28)(H,25,29)/t14-,15+,16-,17-,18?,22?/m0/s1. The highest BCUT2D eigenvalue weighted by Gasteiger charge is 2.74. The van der Waals surface area contributed by atoms with Crippen LogP contribution in [0.25, 0.3) is 0 Å². The first-order chi connectivity index (χ1) is 14.7. The van der Waals surface area contributed by atoms with E-state index in [0.717, 1.165) is 6.42 Å². The third-order valence-electron chi connectivity index (χ3n) is 6.96. The van der Waals surface area contributed by atoms with Crippen LogP contribution in [0.2, 0.25) is 5.02 Å². The number of aliphatic hydroxyl groups excluding tert-OH is 1. The van der Waals surface area contributed by atoms with Gasteiger partial charge in [0, 0.05) is 23.0 Å². The fraction of sp³-hybridized carbons (Fsp3) is 0.591. The van der Waals surface area contributed by atoms with Crippen LogP contribution < -0.4 is 10.6 Å². The maximum Gasteiger partial charge on any atom is 0.248 e. The van der Waals surface area contributed by atoms with E-state index >= 15 is 0 Å². The van der Waals surface area contributed by atoms with Crippen molar-refractivity contribution < 1.29 is 19.5 Å². The number of likely N-dealkylation sites (tertiary alicyclic amines) is 1. The first-order valence-corrected chi connectivity index (χ1v) is 11.9. The first kappa shape index (κ1) is 22.4. The van der Waals surface area contributed by atoms with Gasteiger partial charge in [0.25, 0.3) is 0 Å². The summed E-state index contributed by atoms with van der Waals surface area (Å²) in [5, 5.41) is 16.4. The summed E-state index contributed by atoms with van der Waals surface area (Å²) in [6, 6.07) is 5.56. The highest BCUT2D eigenvalue weighted by molar-refractivity contribution is 8.02. The predicted octanol–water partition coefficient (Wildman–Crippen LogP) is 2.13. The lowest BCUT2D eigenvalue weighted by molar-refractivity contribution is -0.142. The zero-order valence-corrected chi connectivity index (χ0v) is 19.4. The lowest BCUT2D eigenvalue weighted by atomic mass is 9.70. The smallest absolute Gasteiger partial charge is 0.248 e. The summed E-state index contributed by atoms with van der Waals surface area (Å²) in [4.78, 5) is 41.7. The maximum absolute atomic E-state index is 13.7. The van der Waals surface area contributed by atoms with Crippen molar-refractivity contribution in [3.05, 3.63) is 29.3 Å². The summed E-state index contributed by atoms with van der Waals surface area (Å²) < 4.78 is -0.669. The molecule has 3 heterocycles. The Morgan fingerprint density at radius 3 is 2.55 bits per heavy atom. The Morgan fingerprint density at radius 2 is 1.97 bits per heavy atom. The van der Waals surface area contributed by atoms with Crippen molar-refractivity contribution in [2.45, 2.75) is 48.8 Å². The number of carbonyl (C=O) groups is 3. The van der Waals surface area contributed by atoms with Crippen molar-refractivity contribution in [3.63, 3.8) is 0 Å². The van der Waals surface area contributed by atoms with Gasteiger partial charge in [-0.05, 0) is 43.0 Å². The number of carbonyl (C=O) groups excluding carboxylic acids is 3. The van der Waals surface area contributed by atoms with E-state index in [-0.39, 0.29) is 35.5 Å². The van der Waals surface area contributed by atoms with Gasteiger partial charge in [-0.3, -0.25) is 14.4 Å². The van der Waals surface area contributed by atoms with Gasteiger partial charge in [0.05, 0.1) is 29.2 Å². The summed E-state index contributed by atoms with van der Waals surface area (Å²) in [6.07, 6.45) is 1.48. The van der Waals surface area contributed by atoms with Crippen molar-refractivity contribution in [1.82, 2.24) is 10.2 Å². The number of hydrogen-bond acceptors (Lipinski definition) is 5. The van der Waals surface area contributed by atoms with Gasteiger partial charge in [0.15, 0.2) is 0 Å². The van der Waals surface area contributed by atoms with Crippen molar-refractivity contribution >= 4 is 46.8 Å². The highest BCUT2D eigenvalue weighted by Crippen LogP contribution is 2.66. The highest BCUT2D eigenvalue weighted by atomic mass is 35.5. The summed E-state index contributed by atoms with van der Waals surface area (Å²) >= 11 is 7.57. The maximum atomic E-state index is 13.7. The molecule has 3 N–H and O–H groups in total. The van der Waals surface area contributed by atoms with E-state index < -0.39 is 28.7 Å². The van der Waals surface area contributed by atoms with E-state index in [0.29, 0.717) is 17.1 Å². The molecule has 9 heteroatoms. The van der Waals surface area contributed by atoms with Crippen LogP contribution in [0.4, 0.5) is 5.69 Å². The normalized spacial score (nSPS) is 32.3. The number of nitrogens with one attached hydrogen (secondary N) is 2. The second-order valence-electron chi connectivity index (χ2n) is 8.91. The molecule has 0 saturated carbocycles. The molecule has 1 spiro atoms. The number of anilines is 1. The third-order valence-corrected chi connectivity index (χ3v) is 9.16. The molecular formula is C22H28ClN3O4S. The zero-order valence-electron chi connectivity index (χ0n) is 17.8. The fourth-order valence-corrected chi connectivity index (χ4v) is 7.91. The minimum Gasteiger partial charge on any atom is -0.394 e. The molecule has 6 atom stereocenters. The molecule has 3 saturated heterocycles. The van der Waals surface area contributed by atoms with Crippen molar-refractivity contribution in [2.24, 2.45) is 17.8 Å². The second-order valence-corrected chi connectivity index (χ2v) is 10.9. The van der Waals surface area contributed by atoms with E-state index in [2.05, 4.69) is 10.6 Å². The van der Waals surface area contributed by atoms with E-state index in [1.54, 1.807) is 48.0 Å². The van der Waals surface area contributed by atoms with Gasteiger partial charge < -0.3 is 20.6 Å². The van der Waals surface area contributed by atoms with Gasteiger partial charge in [0.1, 0.15) is 6.04 Å². The molecule has 3 fully saturated rings. The van der Waals surface area contributed by atoms with Gasteiger partial charge >= 0.3 is 0 Å². The SMILES string of the molecule is CNC(=O)[C@@H]1[C@H]2C(=O)N([C@@H](CO)C(C)C)C(C(=O)Nc3ccc(Cl)cc3)C23CC[C@H]1S3. The molecule has 3 aliphatic heterocycles. The summed E-state index contributed by atoms with van der Waals surface area (Å²) in [6.45, 7) is 3.61. The van der Waals surface area contributed by atoms with Crippen LogP contribution in [-0.4, -0.2) is 63.5 Å². The fourth-order valence-electron chi connectivity index (χ4n) is 5.58. The van der Waals surface area contributed by atoms with Crippen LogP contribution >= 0.6 is 23.4 Å². The van der Waals surface area contributed by atoms with Gasteiger partial charge in [-0.25, -0.2) is 0 Å². The summed E-state index contributed by atoms with van der Waals surface area (Å²) in [5.74, 6) is -1.71. The van der Waals surface area contributed by atoms with Crippen LogP contribution in [0.1, 0.15) is 26.7 Å². The number of aliphatic hydroxyl groups is 1. The van der Waals surface area contributed by atoms with Crippen LogP contribution in [0, 0.1) is 17.8 Å². The number of thioether (sulfide) groups is 1. The Kier molecular flexibility index (Phi) is 6.00. The Hall–Kier alpha value is -1.77. The molecule has 3 aliphatic rings. The molecule has 2 unspecified atom stereocenters. The van der Waals surface area contributed by atoms with Crippen LogP contribution in [0.3, 0.4) is 0 Å². The Bertz CT molecular complexity index is 895. The largest absolute Gasteiger partial charge is 0.394 e. The van der Waals surface area contributed by atoms with Crippen molar-refractivity contribution in [1.29, 1.82) is 0 Å². The van der Waals surface area contributed by atoms with E-state index in [4.69, 9.17) is 11.6 Å². The number of amides is 3. The Labute approximate surface area is 191 Å². The molecule has 1 aromatic carbocycles. The van der Waals surface area contributed by atoms with Crippen LogP contribution in [-0.2, 0) is 14.4 Å². The average molecular weight is 466 g/mol. The molecule has 1 aromatic rings. The van der Waals surface area contributed by atoms with Crippen molar-refractivity contribution in [2.75, 3.05) is 19.0 Å². The summed E-state index contributed by atoms with van der Waals surface area (Å²) in [7, 11) is 1.58.